The second-order valence-corrected chi connectivity index (χ2v) is 5.04. The monoisotopic (exact) mass is 279 g/mol. The fraction of sp³-hybridized carbons (Fsp3) is 0.231. The lowest BCUT2D eigenvalue weighted by Gasteiger charge is -2.19. The molecule has 0 unspecified atom stereocenters. The summed E-state index contributed by atoms with van der Waals surface area (Å²) in [5.41, 5.74) is 4.04. The number of benzene rings is 1. The van der Waals surface area contributed by atoms with Gasteiger partial charge in [-0.05, 0) is 18.2 Å². The third-order valence-electron chi connectivity index (χ3n) is 3.06. The summed E-state index contributed by atoms with van der Waals surface area (Å²) in [5.74, 6) is 0. The number of nitrogens with zero attached hydrogens (tertiary/aromatic N) is 2. The van der Waals surface area contributed by atoms with E-state index in [1.807, 2.05) is 12.1 Å². The van der Waals surface area contributed by atoms with Gasteiger partial charge in [-0.25, -0.2) is 9.97 Å². The van der Waals surface area contributed by atoms with Crippen LogP contribution in [0.5, 0.6) is 0 Å². The molecule has 0 fully saturated rings. The van der Waals surface area contributed by atoms with Gasteiger partial charge in [0.05, 0.1) is 16.4 Å². The zero-order valence-corrected chi connectivity index (χ0v) is 11.1. The molecule has 3 nitrogen and oxygen atoms in total. The van der Waals surface area contributed by atoms with Gasteiger partial charge in [-0.15, -0.1) is 0 Å². The minimum Gasteiger partial charge on any atom is -0.312 e. The van der Waals surface area contributed by atoms with Crippen LogP contribution in [0.3, 0.4) is 0 Å². The number of nitrogens with one attached hydrogen (secondary N) is 1. The summed E-state index contributed by atoms with van der Waals surface area (Å²) in [6, 6.07) is 5.47. The Morgan fingerprint density at radius 2 is 2.06 bits per heavy atom. The maximum absolute atomic E-state index is 6.24. The molecule has 0 spiro atoms. The van der Waals surface area contributed by atoms with E-state index in [2.05, 4.69) is 15.3 Å². The average Bonchev–Trinajstić information content (AvgIpc) is 2.38. The maximum atomic E-state index is 6.24. The van der Waals surface area contributed by atoms with Crippen molar-refractivity contribution in [3.63, 3.8) is 0 Å². The molecule has 0 saturated carbocycles. The van der Waals surface area contributed by atoms with Crippen LogP contribution in [-0.2, 0) is 13.0 Å². The zero-order valence-electron chi connectivity index (χ0n) is 9.58. The molecule has 2 aromatic rings. The molecule has 1 aliphatic heterocycles. The SMILES string of the molecule is Clc1ccc(-c2ncnc3c2CNCC3)c(Cl)c1. The number of halogens is 2. The number of rotatable bonds is 1. The van der Waals surface area contributed by atoms with Crippen LogP contribution in [0.1, 0.15) is 11.3 Å². The summed E-state index contributed by atoms with van der Waals surface area (Å²) in [6.07, 6.45) is 2.53. The van der Waals surface area contributed by atoms with Crippen molar-refractivity contribution in [3.8, 4) is 11.3 Å². The van der Waals surface area contributed by atoms with E-state index in [0.29, 0.717) is 10.0 Å². The molecule has 5 heteroatoms. The van der Waals surface area contributed by atoms with E-state index in [1.165, 1.54) is 0 Å². The highest BCUT2D eigenvalue weighted by molar-refractivity contribution is 6.36. The average molecular weight is 280 g/mol. The lowest BCUT2D eigenvalue weighted by molar-refractivity contribution is 0.627. The number of fused-ring (bicyclic) bond motifs is 1. The van der Waals surface area contributed by atoms with Crippen LogP contribution in [0.4, 0.5) is 0 Å². The molecular formula is C13H11Cl2N3. The van der Waals surface area contributed by atoms with E-state index < -0.39 is 0 Å². The molecule has 92 valence electrons. The molecule has 0 radical (unpaired) electrons. The second kappa shape index (κ2) is 4.84. The first-order valence-corrected chi connectivity index (χ1v) is 6.50. The largest absolute Gasteiger partial charge is 0.312 e. The molecule has 0 bridgehead atoms. The van der Waals surface area contributed by atoms with Crippen LogP contribution < -0.4 is 5.32 Å². The maximum Gasteiger partial charge on any atom is 0.116 e. The summed E-state index contributed by atoms with van der Waals surface area (Å²) in [7, 11) is 0. The van der Waals surface area contributed by atoms with Crippen LogP contribution >= 0.6 is 23.2 Å². The van der Waals surface area contributed by atoms with Crippen LogP contribution in [0.15, 0.2) is 24.5 Å². The molecule has 0 saturated heterocycles. The molecule has 0 amide bonds. The van der Waals surface area contributed by atoms with E-state index in [9.17, 15) is 0 Å². The van der Waals surface area contributed by atoms with Crippen molar-refractivity contribution in [1.29, 1.82) is 0 Å². The lowest BCUT2D eigenvalue weighted by atomic mass is 10.0. The molecule has 1 aromatic heterocycles. The Balaban J connectivity index is 2.17. The van der Waals surface area contributed by atoms with Crippen molar-refractivity contribution < 1.29 is 0 Å². The van der Waals surface area contributed by atoms with E-state index in [1.54, 1.807) is 12.4 Å². The van der Waals surface area contributed by atoms with E-state index in [0.717, 1.165) is 42.0 Å². The smallest absolute Gasteiger partial charge is 0.116 e. The van der Waals surface area contributed by atoms with Gasteiger partial charge in [-0.1, -0.05) is 23.2 Å². The fourth-order valence-electron chi connectivity index (χ4n) is 2.18. The molecule has 1 aliphatic rings. The highest BCUT2D eigenvalue weighted by Gasteiger charge is 2.17. The van der Waals surface area contributed by atoms with Crippen LogP contribution in [-0.4, -0.2) is 16.5 Å². The number of hydrogen-bond acceptors (Lipinski definition) is 3. The van der Waals surface area contributed by atoms with Gasteiger partial charge >= 0.3 is 0 Å². The van der Waals surface area contributed by atoms with Crippen LogP contribution in [0.2, 0.25) is 10.0 Å². The predicted octanol–water partition coefficient (Wildman–Crippen LogP) is 3.10. The Labute approximate surface area is 115 Å². The van der Waals surface area contributed by atoms with Gasteiger partial charge in [0.1, 0.15) is 6.33 Å². The topological polar surface area (TPSA) is 37.8 Å². The van der Waals surface area contributed by atoms with E-state index in [4.69, 9.17) is 23.2 Å². The van der Waals surface area contributed by atoms with Crippen LogP contribution in [0.25, 0.3) is 11.3 Å². The van der Waals surface area contributed by atoms with E-state index >= 15 is 0 Å². The van der Waals surface area contributed by atoms with Gasteiger partial charge in [0, 0.05) is 35.7 Å². The predicted molar refractivity (Wildman–Crippen MR) is 72.9 cm³/mol. The molecule has 1 N–H and O–H groups in total. The first-order chi connectivity index (χ1) is 8.75. The molecular weight excluding hydrogens is 269 g/mol. The quantitative estimate of drug-likeness (QED) is 0.872. The summed E-state index contributed by atoms with van der Waals surface area (Å²) >= 11 is 12.2. The van der Waals surface area contributed by atoms with Crippen molar-refractivity contribution in [2.75, 3.05) is 6.54 Å². The Hall–Kier alpha value is -1.16. The molecule has 0 atom stereocenters. The van der Waals surface area contributed by atoms with Crippen molar-refractivity contribution in [3.05, 3.63) is 45.8 Å². The van der Waals surface area contributed by atoms with Crippen molar-refractivity contribution in [1.82, 2.24) is 15.3 Å². The molecule has 2 heterocycles. The molecule has 18 heavy (non-hydrogen) atoms. The first kappa shape index (κ1) is 11.9. The summed E-state index contributed by atoms with van der Waals surface area (Å²) in [5, 5.41) is 4.58. The first-order valence-electron chi connectivity index (χ1n) is 5.74. The number of hydrogen-bond donors (Lipinski definition) is 1. The van der Waals surface area contributed by atoms with E-state index in [-0.39, 0.29) is 0 Å². The van der Waals surface area contributed by atoms with Gasteiger partial charge in [-0.2, -0.15) is 0 Å². The van der Waals surface area contributed by atoms with Gasteiger partial charge in [-0.3, -0.25) is 0 Å². The summed E-state index contributed by atoms with van der Waals surface area (Å²) in [4.78, 5) is 8.71. The van der Waals surface area contributed by atoms with Crippen molar-refractivity contribution >= 4 is 23.2 Å². The fourth-order valence-corrected chi connectivity index (χ4v) is 2.68. The Bertz CT molecular complexity index is 599. The minimum absolute atomic E-state index is 0.619. The molecule has 3 rings (SSSR count). The van der Waals surface area contributed by atoms with Gasteiger partial charge in [0.15, 0.2) is 0 Å². The van der Waals surface area contributed by atoms with Crippen molar-refractivity contribution in [2.24, 2.45) is 0 Å². The minimum atomic E-state index is 0.619. The highest BCUT2D eigenvalue weighted by Crippen LogP contribution is 2.32. The zero-order chi connectivity index (χ0) is 12.5. The van der Waals surface area contributed by atoms with Crippen molar-refractivity contribution in [2.45, 2.75) is 13.0 Å². The molecule has 1 aromatic carbocycles. The van der Waals surface area contributed by atoms with Crippen LogP contribution in [0, 0.1) is 0 Å². The number of aromatic nitrogens is 2. The normalized spacial score (nSPS) is 14.3. The highest BCUT2D eigenvalue weighted by atomic mass is 35.5. The Morgan fingerprint density at radius 1 is 1.17 bits per heavy atom. The summed E-state index contributed by atoms with van der Waals surface area (Å²) < 4.78 is 0. The third-order valence-corrected chi connectivity index (χ3v) is 3.61. The standard InChI is InChI=1S/C13H11Cl2N3/c14-8-1-2-9(11(15)5-8)13-10-6-16-4-3-12(10)17-7-18-13/h1-2,5,7,16H,3-4,6H2. The summed E-state index contributed by atoms with van der Waals surface area (Å²) in [6.45, 7) is 1.74. The lowest BCUT2D eigenvalue weighted by Crippen LogP contribution is -2.25. The Kier molecular flexibility index (Phi) is 3.20. The Morgan fingerprint density at radius 3 is 2.89 bits per heavy atom. The van der Waals surface area contributed by atoms with Gasteiger partial charge in [0.25, 0.3) is 0 Å². The third kappa shape index (κ3) is 2.09. The van der Waals surface area contributed by atoms with Gasteiger partial charge in [0.2, 0.25) is 0 Å². The molecule has 0 aliphatic carbocycles. The van der Waals surface area contributed by atoms with Gasteiger partial charge < -0.3 is 5.32 Å². The second-order valence-electron chi connectivity index (χ2n) is 4.20.